The third-order valence-corrected chi connectivity index (χ3v) is 6.93. The Hall–Kier alpha value is -4.16. The molecule has 0 aliphatic rings. The van der Waals surface area contributed by atoms with Crippen LogP contribution in [-0.2, 0) is 14.8 Å². The van der Waals surface area contributed by atoms with Gasteiger partial charge in [0.25, 0.3) is 15.9 Å². The maximum absolute atomic E-state index is 13.3. The first-order chi connectivity index (χ1) is 17.2. The lowest BCUT2D eigenvalue weighted by Gasteiger charge is -2.24. The van der Waals surface area contributed by atoms with Crippen molar-refractivity contribution in [2.45, 2.75) is 4.90 Å². The third kappa shape index (κ3) is 6.09. The minimum Gasteiger partial charge on any atom is -0.495 e. The molecule has 3 aromatic carbocycles. The van der Waals surface area contributed by atoms with Crippen molar-refractivity contribution in [3.05, 3.63) is 87.4 Å². The first-order valence-corrected chi connectivity index (χ1v) is 12.0. The molecule has 0 heterocycles. The van der Waals surface area contributed by atoms with Gasteiger partial charge in [-0.15, -0.1) is 0 Å². The van der Waals surface area contributed by atoms with Crippen LogP contribution in [0.25, 0.3) is 0 Å². The molecule has 1 amide bonds. The van der Waals surface area contributed by atoms with E-state index in [0.29, 0.717) is 11.3 Å². The lowest BCUT2D eigenvalue weighted by molar-refractivity contribution is -0.385. The molecule has 0 aromatic heterocycles. The Balaban J connectivity index is 1.85. The normalized spacial score (nSPS) is 11.2. The molecule has 11 nitrogen and oxygen atoms in total. The van der Waals surface area contributed by atoms with Crippen molar-refractivity contribution < 1.29 is 27.6 Å². The highest BCUT2D eigenvalue weighted by Crippen LogP contribution is 2.32. The summed E-state index contributed by atoms with van der Waals surface area (Å²) in [6.45, 7) is -0.625. The van der Waals surface area contributed by atoms with E-state index < -0.39 is 27.4 Å². The van der Waals surface area contributed by atoms with E-state index >= 15 is 0 Å². The van der Waals surface area contributed by atoms with E-state index in [1.807, 2.05) is 0 Å². The van der Waals surface area contributed by atoms with Crippen molar-refractivity contribution >= 4 is 45.1 Å². The van der Waals surface area contributed by atoms with Gasteiger partial charge in [-0.1, -0.05) is 29.8 Å². The standard InChI is InChI=1S/C23H21ClN4O7S/c1-34-21-11-9-17(13-19(21)24)27(36(32,33)18-6-4-3-5-7-18)15-23(29)26-25-14-16-8-10-22(35-2)20(12-16)28(30)31/h3-14H,15H2,1-2H3,(H,26,29)/b25-14+. The molecule has 0 bridgehead atoms. The fourth-order valence-electron chi connectivity index (χ4n) is 3.12. The number of nitro groups is 1. The van der Waals surface area contributed by atoms with Gasteiger partial charge in [0, 0.05) is 11.6 Å². The summed E-state index contributed by atoms with van der Waals surface area (Å²) in [5.74, 6) is -0.359. The number of amides is 1. The van der Waals surface area contributed by atoms with E-state index in [9.17, 15) is 23.3 Å². The molecule has 0 unspecified atom stereocenters. The number of nitrogens with one attached hydrogen (secondary N) is 1. The number of sulfonamides is 1. The van der Waals surface area contributed by atoms with Crippen LogP contribution in [0.1, 0.15) is 5.56 Å². The van der Waals surface area contributed by atoms with E-state index in [1.54, 1.807) is 18.2 Å². The van der Waals surface area contributed by atoms with E-state index in [2.05, 4.69) is 10.5 Å². The molecule has 0 saturated heterocycles. The SMILES string of the molecule is COc1ccc(N(CC(=O)N/N=C/c2ccc(OC)c([N+](=O)[O-])c2)S(=O)(=O)c2ccccc2)cc1Cl. The Morgan fingerprint density at radius 3 is 2.36 bits per heavy atom. The van der Waals surface area contributed by atoms with Gasteiger partial charge in [-0.25, -0.2) is 13.8 Å². The van der Waals surface area contributed by atoms with E-state index in [0.717, 1.165) is 4.31 Å². The van der Waals surface area contributed by atoms with Crippen molar-refractivity contribution in [3.63, 3.8) is 0 Å². The zero-order chi connectivity index (χ0) is 26.3. The monoisotopic (exact) mass is 532 g/mol. The molecule has 188 valence electrons. The van der Waals surface area contributed by atoms with Crippen molar-refractivity contribution in [3.8, 4) is 11.5 Å². The topological polar surface area (TPSA) is 140 Å². The fraction of sp³-hybridized carbons (Fsp3) is 0.130. The van der Waals surface area contributed by atoms with Gasteiger partial charge in [-0.2, -0.15) is 5.10 Å². The van der Waals surface area contributed by atoms with Crippen LogP contribution in [0.2, 0.25) is 5.02 Å². The maximum Gasteiger partial charge on any atom is 0.311 e. The van der Waals surface area contributed by atoms with E-state index in [1.165, 1.54) is 69.0 Å². The lowest BCUT2D eigenvalue weighted by atomic mass is 10.2. The number of ether oxygens (including phenoxy) is 2. The van der Waals surface area contributed by atoms with Gasteiger partial charge in [0.1, 0.15) is 12.3 Å². The summed E-state index contributed by atoms with van der Waals surface area (Å²) >= 11 is 6.19. The van der Waals surface area contributed by atoms with Gasteiger partial charge in [-0.05, 0) is 42.5 Å². The molecule has 0 fully saturated rings. The van der Waals surface area contributed by atoms with Gasteiger partial charge in [0.15, 0.2) is 5.75 Å². The number of methoxy groups -OCH3 is 2. The first kappa shape index (κ1) is 26.4. The zero-order valence-electron chi connectivity index (χ0n) is 19.1. The van der Waals surface area contributed by atoms with E-state index in [4.69, 9.17) is 21.1 Å². The summed E-state index contributed by atoms with van der Waals surface area (Å²) < 4.78 is 37.6. The number of hydrogen-bond donors (Lipinski definition) is 1. The molecule has 0 atom stereocenters. The second-order valence-corrected chi connectivity index (χ2v) is 9.39. The van der Waals surface area contributed by atoms with Crippen LogP contribution in [-0.4, -0.2) is 46.2 Å². The highest BCUT2D eigenvalue weighted by atomic mass is 35.5. The molecule has 0 radical (unpaired) electrons. The first-order valence-electron chi connectivity index (χ1n) is 10.2. The Kier molecular flexibility index (Phi) is 8.46. The van der Waals surface area contributed by atoms with E-state index in [-0.39, 0.29) is 27.0 Å². The van der Waals surface area contributed by atoms with Crippen molar-refractivity contribution in [1.29, 1.82) is 0 Å². The smallest absolute Gasteiger partial charge is 0.311 e. The number of carbonyl (C=O) groups is 1. The van der Waals surface area contributed by atoms with Crippen LogP contribution in [0, 0.1) is 10.1 Å². The number of rotatable bonds is 10. The second kappa shape index (κ2) is 11.5. The molecule has 13 heteroatoms. The molecular formula is C23H21ClN4O7S. The lowest BCUT2D eigenvalue weighted by Crippen LogP contribution is -2.39. The number of anilines is 1. The number of halogens is 1. The van der Waals surface area contributed by atoms with Crippen LogP contribution < -0.4 is 19.2 Å². The Morgan fingerprint density at radius 2 is 1.75 bits per heavy atom. The number of benzene rings is 3. The average molecular weight is 533 g/mol. The molecule has 36 heavy (non-hydrogen) atoms. The Labute approximate surface area is 212 Å². The van der Waals surface area contributed by atoms with Crippen LogP contribution in [0.15, 0.2) is 76.7 Å². The summed E-state index contributed by atoms with van der Waals surface area (Å²) in [6.07, 6.45) is 1.19. The zero-order valence-corrected chi connectivity index (χ0v) is 20.7. The quantitative estimate of drug-likeness (QED) is 0.239. The molecular weight excluding hydrogens is 512 g/mol. The minimum atomic E-state index is -4.15. The third-order valence-electron chi connectivity index (χ3n) is 4.84. The van der Waals surface area contributed by atoms with Crippen molar-refractivity contribution in [2.75, 3.05) is 25.1 Å². The summed E-state index contributed by atoms with van der Waals surface area (Å²) in [5, 5.41) is 15.1. The molecule has 1 N–H and O–H groups in total. The number of hydrazone groups is 1. The van der Waals surface area contributed by atoms with Gasteiger partial charge in [0.05, 0.1) is 41.0 Å². The number of carbonyl (C=O) groups excluding carboxylic acids is 1. The largest absolute Gasteiger partial charge is 0.495 e. The summed E-state index contributed by atoms with van der Waals surface area (Å²) in [6, 6.07) is 16.0. The van der Waals surface area contributed by atoms with Gasteiger partial charge >= 0.3 is 5.69 Å². The maximum atomic E-state index is 13.3. The highest BCUT2D eigenvalue weighted by Gasteiger charge is 2.27. The summed E-state index contributed by atoms with van der Waals surface area (Å²) in [7, 11) is -1.43. The predicted octanol–water partition coefficient (Wildman–Crippen LogP) is 3.61. The summed E-state index contributed by atoms with van der Waals surface area (Å²) in [5.41, 5.74) is 2.41. The number of nitrogens with zero attached hydrogens (tertiary/aromatic N) is 3. The molecule has 3 rings (SSSR count). The highest BCUT2D eigenvalue weighted by molar-refractivity contribution is 7.92. The minimum absolute atomic E-state index is 0.0289. The van der Waals surface area contributed by atoms with Crippen LogP contribution >= 0.6 is 11.6 Å². The van der Waals surface area contributed by atoms with Gasteiger partial charge in [0.2, 0.25) is 0 Å². The molecule has 0 aliphatic carbocycles. The molecule has 3 aromatic rings. The Bertz CT molecular complexity index is 1400. The van der Waals surface area contributed by atoms with Gasteiger partial charge in [-0.3, -0.25) is 19.2 Å². The van der Waals surface area contributed by atoms with Crippen LogP contribution in [0.3, 0.4) is 0 Å². The average Bonchev–Trinajstić information content (AvgIpc) is 2.87. The molecule has 0 saturated carbocycles. The number of nitro benzene ring substituents is 1. The van der Waals surface area contributed by atoms with Crippen LogP contribution in [0.5, 0.6) is 11.5 Å². The van der Waals surface area contributed by atoms with Gasteiger partial charge < -0.3 is 9.47 Å². The predicted molar refractivity (Wildman–Crippen MR) is 134 cm³/mol. The summed E-state index contributed by atoms with van der Waals surface area (Å²) in [4.78, 5) is 23.2. The number of hydrogen-bond acceptors (Lipinski definition) is 8. The fourth-order valence-corrected chi connectivity index (χ4v) is 4.81. The second-order valence-electron chi connectivity index (χ2n) is 7.13. The molecule has 0 aliphatic heterocycles. The van der Waals surface area contributed by atoms with Crippen molar-refractivity contribution in [2.24, 2.45) is 5.10 Å². The van der Waals surface area contributed by atoms with Crippen molar-refractivity contribution in [1.82, 2.24) is 5.43 Å². The molecule has 0 spiro atoms. The van der Waals surface area contributed by atoms with Crippen LogP contribution in [0.4, 0.5) is 11.4 Å². The Morgan fingerprint density at radius 1 is 1.08 bits per heavy atom.